The molecule has 1 amide bonds. The fourth-order valence-corrected chi connectivity index (χ4v) is 9.73. The Kier molecular flexibility index (Phi) is 3.99. The Morgan fingerprint density at radius 3 is 2.83 bits per heavy atom. The Balaban J connectivity index is 1.25. The number of rotatable bonds is 3. The van der Waals surface area contributed by atoms with E-state index in [2.05, 4.69) is 17.0 Å². The number of amides is 1. The molecule has 2 aliphatic heterocycles. The van der Waals surface area contributed by atoms with Gasteiger partial charge in [-0.15, -0.1) is 0 Å². The molecule has 6 aliphatic rings. The SMILES string of the molecule is O=C(c1cc(=O)cco1)N1C[C@H]2CC34CC1C2C31CC(Cc2ccc(O)cc21)CN(CC1CC1)C4. The van der Waals surface area contributed by atoms with E-state index in [1.165, 1.54) is 61.9 Å². The maximum atomic E-state index is 13.6. The van der Waals surface area contributed by atoms with Gasteiger partial charge in [-0.2, -0.15) is 0 Å². The van der Waals surface area contributed by atoms with Crippen LogP contribution in [0.4, 0.5) is 0 Å². The number of benzene rings is 1. The highest BCUT2D eigenvalue weighted by Crippen LogP contribution is 2.76. The van der Waals surface area contributed by atoms with Gasteiger partial charge in [-0.25, -0.2) is 0 Å². The summed E-state index contributed by atoms with van der Waals surface area (Å²) in [4.78, 5) is 30.4. The molecule has 2 aromatic rings. The second kappa shape index (κ2) is 6.78. The highest BCUT2D eigenvalue weighted by atomic mass is 16.3. The minimum absolute atomic E-state index is 0.0180. The Morgan fingerprint density at radius 1 is 1.11 bits per heavy atom. The fourth-order valence-electron chi connectivity index (χ4n) is 9.73. The maximum absolute atomic E-state index is 13.6. The average Bonchev–Trinajstić information content (AvgIpc) is 3.52. The Morgan fingerprint density at radius 2 is 2.00 bits per heavy atom. The van der Waals surface area contributed by atoms with Crippen LogP contribution in [-0.2, 0) is 11.8 Å². The van der Waals surface area contributed by atoms with E-state index >= 15 is 0 Å². The number of phenolic OH excluding ortho intramolecular Hbond substituents is 1. The highest BCUT2D eigenvalue weighted by molar-refractivity contribution is 5.92. The van der Waals surface area contributed by atoms with Crippen molar-refractivity contribution in [3.05, 3.63) is 63.7 Å². The van der Waals surface area contributed by atoms with Crippen molar-refractivity contribution in [1.29, 1.82) is 0 Å². The van der Waals surface area contributed by atoms with Gasteiger partial charge in [-0.3, -0.25) is 9.59 Å². The summed E-state index contributed by atoms with van der Waals surface area (Å²) in [5.74, 6) is 2.75. The van der Waals surface area contributed by atoms with Gasteiger partial charge in [0.15, 0.2) is 11.2 Å². The lowest BCUT2D eigenvalue weighted by molar-refractivity contribution is 0.0679. The van der Waals surface area contributed by atoms with Crippen molar-refractivity contribution >= 4 is 5.91 Å². The summed E-state index contributed by atoms with van der Waals surface area (Å²) >= 11 is 0. The van der Waals surface area contributed by atoms with Crippen LogP contribution >= 0.6 is 0 Å². The van der Waals surface area contributed by atoms with Gasteiger partial charge >= 0.3 is 0 Å². The number of phenols is 1. The summed E-state index contributed by atoms with van der Waals surface area (Å²) in [7, 11) is 0. The van der Waals surface area contributed by atoms with Crippen molar-refractivity contribution in [1.82, 2.24) is 9.80 Å². The monoisotopic (exact) mass is 472 g/mol. The molecular formula is C29H32N2O4. The van der Waals surface area contributed by atoms with Crippen LogP contribution in [0.1, 0.15) is 53.8 Å². The number of hydrogen-bond acceptors (Lipinski definition) is 5. The summed E-state index contributed by atoms with van der Waals surface area (Å²) < 4.78 is 5.50. The van der Waals surface area contributed by atoms with Crippen LogP contribution in [0, 0.1) is 29.1 Å². The van der Waals surface area contributed by atoms with Gasteiger partial charge in [0.2, 0.25) is 0 Å². The number of fused-ring (bicyclic) bond motifs is 2. The predicted octanol–water partition coefficient (Wildman–Crippen LogP) is 3.42. The van der Waals surface area contributed by atoms with E-state index in [9.17, 15) is 14.7 Å². The number of carbonyl (C=O) groups excluding carboxylic acids is 1. The lowest BCUT2D eigenvalue weighted by Crippen LogP contribution is -2.47. The molecule has 5 fully saturated rings. The molecule has 5 unspecified atom stereocenters. The van der Waals surface area contributed by atoms with E-state index in [4.69, 9.17) is 4.42 Å². The largest absolute Gasteiger partial charge is 0.508 e. The van der Waals surface area contributed by atoms with Gasteiger partial charge in [0.1, 0.15) is 5.75 Å². The van der Waals surface area contributed by atoms with Crippen molar-refractivity contribution in [2.75, 3.05) is 26.2 Å². The van der Waals surface area contributed by atoms with Gasteiger partial charge in [-0.05, 0) is 90.9 Å². The second-order valence-electron chi connectivity index (χ2n) is 12.6. The Hall–Kier alpha value is -2.60. The Labute approximate surface area is 204 Å². The summed E-state index contributed by atoms with van der Waals surface area (Å²) in [5, 5.41) is 10.6. The lowest BCUT2D eigenvalue weighted by atomic mass is 9.56. The molecule has 0 radical (unpaired) electrons. The van der Waals surface area contributed by atoms with Crippen LogP contribution < -0.4 is 5.43 Å². The molecule has 6 heteroatoms. The Bertz CT molecular complexity index is 1300. The van der Waals surface area contributed by atoms with Crippen LogP contribution in [0.3, 0.4) is 0 Å². The van der Waals surface area contributed by atoms with Gasteiger partial charge in [0.25, 0.3) is 5.91 Å². The van der Waals surface area contributed by atoms with Gasteiger partial charge in [0.05, 0.1) is 6.26 Å². The number of hydrogen-bond donors (Lipinski definition) is 1. The van der Waals surface area contributed by atoms with Crippen molar-refractivity contribution in [3.63, 3.8) is 0 Å². The van der Waals surface area contributed by atoms with Crippen molar-refractivity contribution < 1.29 is 14.3 Å². The lowest BCUT2D eigenvalue weighted by Gasteiger charge is -2.48. The molecule has 3 saturated carbocycles. The standard InChI is InChI=1S/C29H32N2O4/c32-21-4-3-19-7-18-10-29(23(19)8-21)26-20-11-28(29,16-30(14-18)13-17-1-2-17)12-24(26)31(15-20)27(34)25-9-22(33)5-6-35-25/h3-6,8-9,17-18,20,24,26,32H,1-2,7,10-16H2/t18?,20-,24?,26?,28?,29?/m1/s1. The van der Waals surface area contributed by atoms with E-state index < -0.39 is 0 Å². The zero-order valence-electron chi connectivity index (χ0n) is 20.0. The number of nitrogens with zero attached hydrogens (tertiary/aromatic N) is 2. The summed E-state index contributed by atoms with van der Waals surface area (Å²) in [5.41, 5.74) is 2.74. The van der Waals surface area contributed by atoms with Crippen molar-refractivity contribution in [2.24, 2.45) is 29.1 Å². The van der Waals surface area contributed by atoms with Crippen molar-refractivity contribution in [3.8, 4) is 5.75 Å². The summed E-state index contributed by atoms with van der Waals surface area (Å²) in [6.45, 7) is 4.26. The molecule has 8 rings (SSSR count). The molecule has 1 N–H and O–H groups in total. The number of aromatic hydroxyl groups is 1. The molecular weight excluding hydrogens is 440 g/mol. The van der Waals surface area contributed by atoms with Crippen LogP contribution in [-0.4, -0.2) is 53.0 Å². The predicted molar refractivity (Wildman–Crippen MR) is 129 cm³/mol. The van der Waals surface area contributed by atoms with E-state index in [1.54, 1.807) is 0 Å². The minimum atomic E-state index is -0.191. The molecule has 6 nitrogen and oxygen atoms in total. The second-order valence-corrected chi connectivity index (χ2v) is 12.6. The van der Waals surface area contributed by atoms with Crippen molar-refractivity contribution in [2.45, 2.75) is 50.0 Å². The third-order valence-corrected chi connectivity index (χ3v) is 10.6. The van der Waals surface area contributed by atoms with Gasteiger partial charge < -0.3 is 19.3 Å². The smallest absolute Gasteiger partial charge is 0.289 e. The number of likely N-dealkylation sites (tertiary alicyclic amines) is 2. The molecule has 182 valence electrons. The first-order valence-corrected chi connectivity index (χ1v) is 13.4. The molecule has 35 heavy (non-hydrogen) atoms. The zero-order valence-corrected chi connectivity index (χ0v) is 20.0. The van der Waals surface area contributed by atoms with Crippen LogP contribution in [0.15, 0.2) is 45.8 Å². The molecule has 4 bridgehead atoms. The average molecular weight is 473 g/mol. The maximum Gasteiger partial charge on any atom is 0.289 e. The molecule has 6 atom stereocenters. The van der Waals surface area contributed by atoms with Crippen LogP contribution in [0.2, 0.25) is 0 Å². The third kappa shape index (κ3) is 2.69. The molecule has 1 spiro atoms. The van der Waals surface area contributed by atoms with E-state index in [0.717, 1.165) is 38.3 Å². The zero-order chi connectivity index (χ0) is 23.5. The first kappa shape index (κ1) is 20.6. The van der Waals surface area contributed by atoms with Crippen LogP contribution in [0.25, 0.3) is 0 Å². The normalized spacial score (nSPS) is 38.8. The van der Waals surface area contributed by atoms with E-state index in [1.807, 2.05) is 11.0 Å². The third-order valence-electron chi connectivity index (χ3n) is 10.6. The summed E-state index contributed by atoms with van der Waals surface area (Å²) in [6, 6.07) is 8.96. The molecule has 4 aliphatic carbocycles. The molecule has 3 heterocycles. The van der Waals surface area contributed by atoms with E-state index in [0.29, 0.717) is 23.5 Å². The topological polar surface area (TPSA) is 74.0 Å². The number of carbonyl (C=O) groups is 1. The highest BCUT2D eigenvalue weighted by Gasteiger charge is 2.76. The summed E-state index contributed by atoms with van der Waals surface area (Å²) in [6.07, 6.45) is 8.50. The van der Waals surface area contributed by atoms with Crippen LogP contribution in [0.5, 0.6) is 5.75 Å². The minimum Gasteiger partial charge on any atom is -0.508 e. The van der Waals surface area contributed by atoms with E-state index in [-0.39, 0.29) is 34.0 Å². The molecule has 1 aromatic heterocycles. The van der Waals surface area contributed by atoms with Gasteiger partial charge in [0, 0.05) is 49.8 Å². The fraction of sp³-hybridized carbons (Fsp3) is 0.586. The molecule has 1 aromatic carbocycles. The quantitative estimate of drug-likeness (QED) is 0.741. The molecule has 2 saturated heterocycles. The first-order chi connectivity index (χ1) is 17.0. The first-order valence-electron chi connectivity index (χ1n) is 13.4. The van der Waals surface area contributed by atoms with Gasteiger partial charge in [-0.1, -0.05) is 6.07 Å².